The van der Waals surface area contributed by atoms with Crippen molar-refractivity contribution in [3.63, 3.8) is 0 Å². The highest BCUT2D eigenvalue weighted by Crippen LogP contribution is 2.05. The van der Waals surface area contributed by atoms with Gasteiger partial charge in [0.15, 0.2) is 0 Å². The summed E-state index contributed by atoms with van der Waals surface area (Å²) in [5.74, 6) is -1.48. The molecule has 0 aromatic heterocycles. The fourth-order valence-electron chi connectivity index (χ4n) is 1.65. The highest BCUT2D eigenvalue weighted by atomic mass is 32.2. The summed E-state index contributed by atoms with van der Waals surface area (Å²) in [5, 5.41) is 17.5. The minimum atomic E-state index is -3.70. The minimum absolute atomic E-state index is 0.0770. The predicted octanol–water partition coefficient (Wildman–Crippen LogP) is 0.905. The lowest BCUT2D eigenvalue weighted by Gasteiger charge is -2.14. The quantitative estimate of drug-likeness (QED) is 0.693. The van der Waals surface area contributed by atoms with Crippen LogP contribution >= 0.6 is 0 Å². The molecule has 0 amide bonds. The average molecular weight is 296 g/mol. The highest BCUT2D eigenvalue weighted by Gasteiger charge is 2.23. The standard InChI is InChI=1S/C13H16N2O4S/c14-8-4-5-9-20(18,19)15-12(13(16)17)10-11-6-2-1-3-7-11/h1-3,6-7,12,15H,4-5,9-10H2,(H,16,17)/t12-/m0/s1. The number of carbonyl (C=O) groups is 1. The van der Waals surface area contributed by atoms with Gasteiger partial charge < -0.3 is 5.11 Å². The van der Waals surface area contributed by atoms with Crippen molar-refractivity contribution in [2.24, 2.45) is 0 Å². The second-order valence-corrected chi connectivity index (χ2v) is 6.15. The Bertz CT molecular complexity index is 578. The van der Waals surface area contributed by atoms with Gasteiger partial charge in [0.05, 0.1) is 11.8 Å². The normalized spacial score (nSPS) is 12.6. The van der Waals surface area contributed by atoms with Crippen LogP contribution in [0.1, 0.15) is 18.4 Å². The molecular weight excluding hydrogens is 280 g/mol. The van der Waals surface area contributed by atoms with Crippen molar-refractivity contribution in [3.05, 3.63) is 35.9 Å². The predicted molar refractivity (Wildman–Crippen MR) is 73.3 cm³/mol. The summed E-state index contributed by atoms with van der Waals surface area (Å²) in [6, 6.07) is 9.43. The van der Waals surface area contributed by atoms with Crippen LogP contribution in [0, 0.1) is 11.3 Å². The van der Waals surface area contributed by atoms with Gasteiger partial charge in [-0.25, -0.2) is 13.1 Å². The zero-order chi connectivity index (χ0) is 15.0. The first-order valence-corrected chi connectivity index (χ1v) is 7.73. The summed E-state index contributed by atoms with van der Waals surface area (Å²) < 4.78 is 25.6. The zero-order valence-corrected chi connectivity index (χ0v) is 11.6. The summed E-state index contributed by atoms with van der Waals surface area (Å²) in [5.41, 5.74) is 0.736. The van der Waals surface area contributed by atoms with Gasteiger partial charge in [0.25, 0.3) is 0 Å². The van der Waals surface area contributed by atoms with Gasteiger partial charge >= 0.3 is 5.97 Å². The molecule has 0 saturated carbocycles. The number of unbranched alkanes of at least 4 members (excludes halogenated alkanes) is 1. The molecule has 1 aromatic carbocycles. The van der Waals surface area contributed by atoms with Gasteiger partial charge in [-0.2, -0.15) is 5.26 Å². The fraction of sp³-hybridized carbons (Fsp3) is 0.385. The third-order valence-electron chi connectivity index (χ3n) is 2.60. The SMILES string of the molecule is N#CCCCS(=O)(=O)N[C@@H](Cc1ccccc1)C(=O)O. The largest absolute Gasteiger partial charge is 0.480 e. The van der Waals surface area contributed by atoms with Crippen molar-refractivity contribution in [2.75, 3.05) is 5.75 Å². The lowest BCUT2D eigenvalue weighted by atomic mass is 10.1. The van der Waals surface area contributed by atoms with Crippen molar-refractivity contribution >= 4 is 16.0 Å². The Morgan fingerprint density at radius 1 is 1.35 bits per heavy atom. The number of nitrogens with zero attached hydrogens (tertiary/aromatic N) is 1. The second-order valence-electron chi connectivity index (χ2n) is 4.28. The number of sulfonamides is 1. The topological polar surface area (TPSA) is 107 Å². The molecule has 6 nitrogen and oxygen atoms in total. The van der Waals surface area contributed by atoms with Gasteiger partial charge in [-0.1, -0.05) is 30.3 Å². The maximum Gasteiger partial charge on any atom is 0.322 e. The van der Waals surface area contributed by atoms with Crippen LogP contribution in [0.25, 0.3) is 0 Å². The van der Waals surface area contributed by atoms with E-state index in [1.807, 2.05) is 6.07 Å². The highest BCUT2D eigenvalue weighted by molar-refractivity contribution is 7.89. The molecule has 1 atom stereocenters. The molecule has 0 bridgehead atoms. The number of hydrogen-bond acceptors (Lipinski definition) is 4. The van der Waals surface area contributed by atoms with E-state index in [0.29, 0.717) is 0 Å². The number of benzene rings is 1. The van der Waals surface area contributed by atoms with Gasteiger partial charge in [0, 0.05) is 6.42 Å². The number of nitriles is 1. The first-order chi connectivity index (χ1) is 9.44. The van der Waals surface area contributed by atoms with Crippen molar-refractivity contribution in [3.8, 4) is 6.07 Å². The van der Waals surface area contributed by atoms with Crippen molar-refractivity contribution in [1.29, 1.82) is 5.26 Å². The van der Waals surface area contributed by atoms with E-state index in [9.17, 15) is 13.2 Å². The van der Waals surface area contributed by atoms with Gasteiger partial charge in [0.1, 0.15) is 6.04 Å². The van der Waals surface area contributed by atoms with Crippen LogP contribution in [0.2, 0.25) is 0 Å². The molecule has 0 spiro atoms. The van der Waals surface area contributed by atoms with Gasteiger partial charge in [0.2, 0.25) is 10.0 Å². The second kappa shape index (κ2) is 7.62. The number of nitrogens with one attached hydrogen (secondary N) is 1. The van der Waals surface area contributed by atoms with Crippen LogP contribution in [0.3, 0.4) is 0 Å². The molecule has 0 heterocycles. The maximum absolute atomic E-state index is 11.7. The molecule has 0 unspecified atom stereocenters. The average Bonchev–Trinajstić information content (AvgIpc) is 2.39. The van der Waals surface area contributed by atoms with E-state index >= 15 is 0 Å². The molecule has 1 aromatic rings. The Balaban J connectivity index is 2.68. The number of carboxylic acids is 1. The Kier molecular flexibility index (Phi) is 6.15. The monoisotopic (exact) mass is 296 g/mol. The summed E-state index contributed by atoms with van der Waals surface area (Å²) in [6.07, 6.45) is 0.383. The first kappa shape index (κ1) is 16.1. The Morgan fingerprint density at radius 2 is 2.00 bits per heavy atom. The van der Waals surface area contributed by atoms with E-state index in [0.717, 1.165) is 5.56 Å². The molecule has 7 heteroatoms. The van der Waals surface area contributed by atoms with E-state index < -0.39 is 22.0 Å². The summed E-state index contributed by atoms with van der Waals surface area (Å²) in [7, 11) is -3.70. The minimum Gasteiger partial charge on any atom is -0.480 e. The Morgan fingerprint density at radius 3 is 2.55 bits per heavy atom. The van der Waals surface area contributed by atoms with Gasteiger partial charge in [-0.3, -0.25) is 4.79 Å². The van der Waals surface area contributed by atoms with Crippen LogP contribution in [-0.2, 0) is 21.2 Å². The third-order valence-corrected chi connectivity index (χ3v) is 4.07. The van der Waals surface area contributed by atoms with Crippen molar-refractivity contribution < 1.29 is 18.3 Å². The van der Waals surface area contributed by atoms with E-state index in [2.05, 4.69) is 4.72 Å². The zero-order valence-electron chi connectivity index (χ0n) is 10.8. The molecule has 0 fully saturated rings. The van der Waals surface area contributed by atoms with Crippen LogP contribution in [0.15, 0.2) is 30.3 Å². The van der Waals surface area contributed by atoms with Crippen molar-refractivity contribution in [1.82, 2.24) is 4.72 Å². The van der Waals surface area contributed by atoms with Crippen LogP contribution in [0.5, 0.6) is 0 Å². The molecule has 0 aliphatic carbocycles. The van der Waals surface area contributed by atoms with E-state index in [-0.39, 0.29) is 25.0 Å². The Hall–Kier alpha value is -1.91. The van der Waals surface area contributed by atoms with Crippen molar-refractivity contribution in [2.45, 2.75) is 25.3 Å². The molecule has 0 aliphatic rings. The number of rotatable bonds is 8. The number of aliphatic carboxylic acids is 1. The van der Waals surface area contributed by atoms with Gasteiger partial charge in [-0.05, 0) is 18.4 Å². The molecule has 0 aliphatic heterocycles. The fourth-order valence-corrected chi connectivity index (χ4v) is 2.91. The summed E-state index contributed by atoms with van der Waals surface area (Å²) >= 11 is 0. The van der Waals surface area contributed by atoms with Gasteiger partial charge in [-0.15, -0.1) is 0 Å². The molecule has 1 rings (SSSR count). The molecule has 108 valence electrons. The Labute approximate surface area is 118 Å². The molecule has 0 saturated heterocycles. The van der Waals surface area contributed by atoms with Crippen LogP contribution in [0.4, 0.5) is 0 Å². The molecule has 0 radical (unpaired) electrons. The maximum atomic E-state index is 11.7. The lowest BCUT2D eigenvalue weighted by molar-refractivity contribution is -0.138. The molecule has 20 heavy (non-hydrogen) atoms. The third kappa shape index (κ3) is 5.82. The summed E-state index contributed by atoms with van der Waals surface area (Å²) in [6.45, 7) is 0. The summed E-state index contributed by atoms with van der Waals surface area (Å²) in [4.78, 5) is 11.1. The molecular formula is C13H16N2O4S. The van der Waals surface area contributed by atoms with E-state index in [1.165, 1.54) is 0 Å². The van der Waals surface area contributed by atoms with E-state index in [1.54, 1.807) is 30.3 Å². The lowest BCUT2D eigenvalue weighted by Crippen LogP contribution is -2.43. The number of carboxylic acid groups (broad SMARTS) is 1. The van der Waals surface area contributed by atoms with E-state index in [4.69, 9.17) is 10.4 Å². The smallest absolute Gasteiger partial charge is 0.322 e. The van der Waals surface area contributed by atoms with Crippen LogP contribution in [-0.4, -0.2) is 31.3 Å². The van der Waals surface area contributed by atoms with Crippen LogP contribution < -0.4 is 4.72 Å². The first-order valence-electron chi connectivity index (χ1n) is 6.08. The molecule has 2 N–H and O–H groups in total. The number of hydrogen-bond donors (Lipinski definition) is 2.